The predicted octanol–water partition coefficient (Wildman–Crippen LogP) is 4.11. The Morgan fingerprint density at radius 1 is 1.22 bits per heavy atom. The zero-order valence-electron chi connectivity index (χ0n) is 16.1. The molecule has 146 valence electrons. The van der Waals surface area contributed by atoms with Crippen molar-refractivity contribution in [1.29, 1.82) is 0 Å². The molecule has 7 heteroatoms. The second-order valence-corrected chi connectivity index (χ2v) is 7.60. The molecule has 2 aromatic rings. The number of hydrogen-bond donors (Lipinski definition) is 1. The van der Waals surface area contributed by atoms with E-state index in [1.807, 2.05) is 30.3 Å². The summed E-state index contributed by atoms with van der Waals surface area (Å²) in [5, 5.41) is 4.13. The van der Waals surface area contributed by atoms with Crippen molar-refractivity contribution in [3.63, 3.8) is 0 Å². The molecule has 0 aliphatic carbocycles. The smallest absolute Gasteiger partial charge is 0.225 e. The van der Waals surface area contributed by atoms with Gasteiger partial charge in [0.1, 0.15) is 0 Å². The van der Waals surface area contributed by atoms with Crippen LogP contribution in [0.2, 0.25) is 5.02 Å². The molecule has 0 aliphatic heterocycles. The van der Waals surface area contributed by atoms with Crippen molar-refractivity contribution < 1.29 is 4.74 Å². The summed E-state index contributed by atoms with van der Waals surface area (Å²) in [4.78, 5) is 11.8. The van der Waals surface area contributed by atoms with Gasteiger partial charge in [0, 0.05) is 37.6 Å². The van der Waals surface area contributed by atoms with Gasteiger partial charge in [-0.1, -0.05) is 49.8 Å². The van der Waals surface area contributed by atoms with Gasteiger partial charge in [0.15, 0.2) is 0 Å². The molecule has 1 N–H and O–H groups in total. The minimum atomic E-state index is -0.00940. The molecule has 5 nitrogen and oxygen atoms in total. The number of halogens is 1. The fourth-order valence-electron chi connectivity index (χ4n) is 2.76. The molecule has 1 aromatic heterocycles. The molecular weight excluding hydrogens is 380 g/mol. The van der Waals surface area contributed by atoms with Crippen molar-refractivity contribution >= 4 is 34.8 Å². The number of aromatic nitrogens is 2. The van der Waals surface area contributed by atoms with Gasteiger partial charge in [-0.3, -0.25) is 0 Å². The van der Waals surface area contributed by atoms with Crippen LogP contribution >= 0.6 is 23.8 Å². The molecule has 27 heavy (non-hydrogen) atoms. The van der Waals surface area contributed by atoms with Gasteiger partial charge in [0.2, 0.25) is 5.95 Å². The van der Waals surface area contributed by atoms with E-state index in [4.69, 9.17) is 28.6 Å². The maximum Gasteiger partial charge on any atom is 0.225 e. The lowest BCUT2D eigenvalue weighted by molar-refractivity contribution is 0.203. The number of nitrogens with zero attached hydrogens (tertiary/aromatic N) is 3. The van der Waals surface area contributed by atoms with Crippen LogP contribution in [0.4, 0.5) is 5.95 Å². The SMILES string of the molecule is COCCN(c1ncccn1)C(CC(C)C)C(=S)NCc1ccc(Cl)cc1. The van der Waals surface area contributed by atoms with Crippen LogP contribution in [0.1, 0.15) is 25.8 Å². The highest BCUT2D eigenvalue weighted by Crippen LogP contribution is 2.18. The van der Waals surface area contributed by atoms with E-state index in [1.165, 1.54) is 0 Å². The maximum atomic E-state index is 5.96. The number of nitrogens with one attached hydrogen (secondary N) is 1. The van der Waals surface area contributed by atoms with Crippen LogP contribution in [0, 0.1) is 5.92 Å². The topological polar surface area (TPSA) is 50.3 Å². The fourth-order valence-corrected chi connectivity index (χ4v) is 3.18. The van der Waals surface area contributed by atoms with Crippen LogP contribution < -0.4 is 10.2 Å². The molecule has 0 aliphatic rings. The molecule has 1 heterocycles. The molecule has 0 radical (unpaired) electrons. The Kier molecular flexibility index (Phi) is 8.91. The monoisotopic (exact) mass is 406 g/mol. The minimum absolute atomic E-state index is 0.00940. The number of rotatable bonds is 10. The zero-order valence-corrected chi connectivity index (χ0v) is 17.6. The van der Waals surface area contributed by atoms with Crippen molar-refractivity contribution in [1.82, 2.24) is 15.3 Å². The normalized spacial score (nSPS) is 12.0. The summed E-state index contributed by atoms with van der Waals surface area (Å²) >= 11 is 11.7. The highest BCUT2D eigenvalue weighted by molar-refractivity contribution is 7.80. The Bertz CT molecular complexity index is 697. The van der Waals surface area contributed by atoms with Crippen molar-refractivity contribution in [3.05, 3.63) is 53.3 Å². The molecule has 0 amide bonds. The van der Waals surface area contributed by atoms with Gasteiger partial charge in [0.05, 0.1) is 17.6 Å². The first-order chi connectivity index (χ1) is 13.0. The molecule has 0 fully saturated rings. The summed E-state index contributed by atoms with van der Waals surface area (Å²) in [6.45, 7) is 6.27. The van der Waals surface area contributed by atoms with Crippen LogP contribution in [0.15, 0.2) is 42.7 Å². The van der Waals surface area contributed by atoms with Crippen LogP contribution in [0.5, 0.6) is 0 Å². The van der Waals surface area contributed by atoms with Crippen LogP contribution in [0.25, 0.3) is 0 Å². The lowest BCUT2D eigenvalue weighted by Gasteiger charge is -2.33. The largest absolute Gasteiger partial charge is 0.383 e. The number of methoxy groups -OCH3 is 1. The average Bonchev–Trinajstić information content (AvgIpc) is 2.67. The Morgan fingerprint density at radius 3 is 2.48 bits per heavy atom. The van der Waals surface area contributed by atoms with Crippen molar-refractivity contribution in [2.24, 2.45) is 5.92 Å². The number of anilines is 1. The summed E-state index contributed by atoms with van der Waals surface area (Å²) in [6.07, 6.45) is 4.39. The summed E-state index contributed by atoms with van der Waals surface area (Å²) in [5.74, 6) is 1.13. The van der Waals surface area contributed by atoms with Crippen LogP contribution in [-0.2, 0) is 11.3 Å². The highest BCUT2D eigenvalue weighted by Gasteiger charge is 2.25. The van der Waals surface area contributed by atoms with E-state index in [1.54, 1.807) is 19.5 Å². The van der Waals surface area contributed by atoms with Crippen LogP contribution in [-0.4, -0.2) is 41.3 Å². The first-order valence-corrected chi connectivity index (χ1v) is 9.84. The average molecular weight is 407 g/mol. The van der Waals surface area contributed by atoms with E-state index in [9.17, 15) is 0 Å². The number of thiocarbonyl (C=S) groups is 1. The summed E-state index contributed by atoms with van der Waals surface area (Å²) in [5.41, 5.74) is 1.13. The summed E-state index contributed by atoms with van der Waals surface area (Å²) in [6, 6.07) is 9.57. The third-order valence-electron chi connectivity index (χ3n) is 4.10. The third-order valence-corrected chi connectivity index (χ3v) is 4.77. The summed E-state index contributed by atoms with van der Waals surface area (Å²) < 4.78 is 5.30. The maximum absolute atomic E-state index is 5.96. The second kappa shape index (κ2) is 11.2. The molecule has 1 unspecified atom stereocenters. The molecular formula is C20H27ClN4OS. The summed E-state index contributed by atoms with van der Waals surface area (Å²) in [7, 11) is 1.69. The molecule has 1 aromatic carbocycles. The van der Waals surface area contributed by atoms with Crippen LogP contribution in [0.3, 0.4) is 0 Å². The van der Waals surface area contributed by atoms with Crippen molar-refractivity contribution in [3.8, 4) is 0 Å². The van der Waals surface area contributed by atoms with Gasteiger partial charge in [-0.15, -0.1) is 0 Å². The standard InChI is InChI=1S/C20H27ClN4OS/c1-15(2)13-18(19(27)24-14-16-5-7-17(21)8-6-16)25(11-12-26-3)20-22-9-4-10-23-20/h4-10,15,18H,11-14H2,1-3H3,(H,24,27). The molecule has 0 bridgehead atoms. The van der Waals surface area contributed by atoms with E-state index >= 15 is 0 Å². The van der Waals surface area contributed by atoms with Gasteiger partial charge < -0.3 is 15.0 Å². The molecule has 1 atom stereocenters. The van der Waals surface area contributed by atoms with Gasteiger partial charge in [-0.2, -0.15) is 0 Å². The highest BCUT2D eigenvalue weighted by atomic mass is 35.5. The Morgan fingerprint density at radius 2 is 1.89 bits per heavy atom. The van der Waals surface area contributed by atoms with Gasteiger partial charge in [-0.25, -0.2) is 9.97 Å². The van der Waals surface area contributed by atoms with Gasteiger partial charge in [0.25, 0.3) is 0 Å². The van der Waals surface area contributed by atoms with Gasteiger partial charge >= 0.3 is 0 Å². The molecule has 0 saturated carbocycles. The zero-order chi connectivity index (χ0) is 19.6. The van der Waals surface area contributed by atoms with E-state index in [2.05, 4.69) is 34.0 Å². The predicted molar refractivity (Wildman–Crippen MR) is 115 cm³/mol. The molecule has 2 rings (SSSR count). The third kappa shape index (κ3) is 7.05. The van der Waals surface area contributed by atoms with Gasteiger partial charge in [-0.05, 0) is 36.1 Å². The lowest BCUT2D eigenvalue weighted by atomic mass is 10.0. The first kappa shape index (κ1) is 21.5. The Balaban J connectivity index is 2.16. The quantitative estimate of drug-likeness (QED) is 0.599. The molecule has 0 spiro atoms. The van der Waals surface area contributed by atoms with Crippen molar-refractivity contribution in [2.75, 3.05) is 25.2 Å². The second-order valence-electron chi connectivity index (χ2n) is 6.72. The number of benzene rings is 1. The number of ether oxygens (including phenoxy) is 1. The Hall–Kier alpha value is -1.76. The van der Waals surface area contributed by atoms with E-state index in [-0.39, 0.29) is 6.04 Å². The minimum Gasteiger partial charge on any atom is -0.383 e. The first-order valence-electron chi connectivity index (χ1n) is 9.06. The lowest BCUT2D eigenvalue weighted by Crippen LogP contribution is -2.48. The van der Waals surface area contributed by atoms with E-state index in [0.717, 1.165) is 22.0 Å². The van der Waals surface area contributed by atoms with E-state index in [0.29, 0.717) is 31.6 Å². The van der Waals surface area contributed by atoms with E-state index < -0.39 is 0 Å². The fraction of sp³-hybridized carbons (Fsp3) is 0.450. The Labute approximate surface area is 172 Å². The molecule has 0 saturated heterocycles. The number of hydrogen-bond acceptors (Lipinski definition) is 5. The van der Waals surface area contributed by atoms with Crippen molar-refractivity contribution in [2.45, 2.75) is 32.9 Å².